The molecule has 3 saturated heterocycles. The zero-order valence-corrected chi connectivity index (χ0v) is 19.2. The van der Waals surface area contributed by atoms with Gasteiger partial charge >= 0.3 is 0 Å². The van der Waals surface area contributed by atoms with Crippen LogP contribution in [-0.2, 0) is 19.8 Å². The van der Waals surface area contributed by atoms with Crippen molar-refractivity contribution in [1.82, 2.24) is 18.4 Å². The molecule has 3 aliphatic heterocycles. The van der Waals surface area contributed by atoms with Crippen molar-refractivity contribution >= 4 is 39.3 Å². The Morgan fingerprint density at radius 1 is 1.00 bits per heavy atom. The van der Waals surface area contributed by atoms with Crippen molar-refractivity contribution in [2.24, 2.45) is 5.92 Å². The lowest BCUT2D eigenvalue weighted by atomic mass is 10.1. The molecule has 0 saturated carbocycles. The highest BCUT2D eigenvalue weighted by Crippen LogP contribution is 2.28. The summed E-state index contributed by atoms with van der Waals surface area (Å²) in [4.78, 5) is 30.9. The van der Waals surface area contributed by atoms with Gasteiger partial charge in [-0.2, -0.15) is 17.0 Å². The molecule has 2 amide bonds. The third kappa shape index (κ3) is 4.73. The van der Waals surface area contributed by atoms with Crippen molar-refractivity contribution in [3.63, 3.8) is 0 Å². The van der Waals surface area contributed by atoms with Gasteiger partial charge in [0.25, 0.3) is 10.2 Å². The van der Waals surface area contributed by atoms with Gasteiger partial charge in [-0.15, -0.1) is 0 Å². The van der Waals surface area contributed by atoms with E-state index in [1.54, 1.807) is 34.1 Å². The molecule has 0 bridgehead atoms. The monoisotopic (exact) mass is 469 g/mol. The Balaban J connectivity index is 1.34. The first-order chi connectivity index (χ1) is 14.8. The molecular formula is C20H28ClN5O4S. The molecule has 0 radical (unpaired) electrons. The Hall–Kier alpha value is -1.72. The van der Waals surface area contributed by atoms with Gasteiger partial charge in [-0.3, -0.25) is 9.59 Å². The van der Waals surface area contributed by atoms with E-state index < -0.39 is 16.1 Å². The maximum Gasteiger partial charge on any atom is 0.282 e. The first kappa shape index (κ1) is 22.5. The number of nitrogens with zero attached hydrogens (tertiary/aromatic N) is 5. The Morgan fingerprint density at radius 2 is 1.61 bits per heavy atom. The average molecular weight is 470 g/mol. The minimum atomic E-state index is -3.51. The van der Waals surface area contributed by atoms with Gasteiger partial charge in [0.2, 0.25) is 11.8 Å². The van der Waals surface area contributed by atoms with E-state index in [2.05, 4.69) is 4.90 Å². The zero-order chi connectivity index (χ0) is 22.2. The highest BCUT2D eigenvalue weighted by atomic mass is 35.5. The molecule has 3 fully saturated rings. The van der Waals surface area contributed by atoms with E-state index in [0.29, 0.717) is 43.4 Å². The molecule has 4 rings (SSSR count). The minimum absolute atomic E-state index is 0.0884. The quantitative estimate of drug-likeness (QED) is 0.634. The fourth-order valence-corrected chi connectivity index (χ4v) is 6.11. The van der Waals surface area contributed by atoms with Crippen molar-refractivity contribution in [3.8, 4) is 0 Å². The van der Waals surface area contributed by atoms with E-state index in [0.717, 1.165) is 13.1 Å². The summed E-state index contributed by atoms with van der Waals surface area (Å²) in [6, 6.07) is 7.04. The van der Waals surface area contributed by atoms with Crippen LogP contribution in [0.4, 0.5) is 5.69 Å². The number of halogens is 1. The molecule has 0 N–H and O–H groups in total. The van der Waals surface area contributed by atoms with Crippen LogP contribution in [0.15, 0.2) is 24.3 Å². The lowest BCUT2D eigenvalue weighted by Crippen LogP contribution is -2.57. The molecule has 3 aliphatic rings. The highest BCUT2D eigenvalue weighted by Gasteiger charge is 2.40. The molecule has 1 aromatic carbocycles. The number of amides is 2. The van der Waals surface area contributed by atoms with Crippen molar-refractivity contribution in [1.29, 1.82) is 0 Å². The molecule has 0 aromatic heterocycles. The van der Waals surface area contributed by atoms with Crippen LogP contribution in [0.2, 0.25) is 5.02 Å². The standard InChI is InChI=1S/C20H28ClN5O4S/c1-22-5-9-24(10-6-22)31(29,30)25-11-7-23(8-12-25)20(28)16-13-19(27)26(15-16)18-4-2-3-17(21)14-18/h2-4,14,16H,5-13,15H2,1H3. The number of carbonyl (C=O) groups excluding carboxylic acids is 2. The molecule has 1 aromatic rings. The number of likely N-dealkylation sites (N-methyl/N-ethyl adjacent to an activating group) is 1. The number of carbonyl (C=O) groups is 2. The minimum Gasteiger partial charge on any atom is -0.340 e. The molecule has 0 spiro atoms. The van der Waals surface area contributed by atoms with Crippen molar-refractivity contribution in [3.05, 3.63) is 29.3 Å². The molecule has 0 aliphatic carbocycles. The normalized spacial score (nSPS) is 24.7. The van der Waals surface area contributed by atoms with Crippen LogP contribution in [0, 0.1) is 5.92 Å². The summed E-state index contributed by atoms with van der Waals surface area (Å²) in [7, 11) is -1.53. The molecule has 170 valence electrons. The lowest BCUT2D eigenvalue weighted by Gasteiger charge is -2.39. The summed E-state index contributed by atoms with van der Waals surface area (Å²) in [6.45, 7) is 3.97. The average Bonchev–Trinajstić information content (AvgIpc) is 3.15. The Bertz CT molecular complexity index is 943. The van der Waals surface area contributed by atoms with Crippen molar-refractivity contribution < 1.29 is 18.0 Å². The van der Waals surface area contributed by atoms with Crippen LogP contribution < -0.4 is 4.90 Å². The van der Waals surface area contributed by atoms with Crippen LogP contribution in [-0.4, -0.2) is 105 Å². The van der Waals surface area contributed by atoms with Crippen molar-refractivity contribution in [2.45, 2.75) is 6.42 Å². The fraction of sp³-hybridized carbons (Fsp3) is 0.600. The first-order valence-corrected chi connectivity index (χ1v) is 12.3. The summed E-state index contributed by atoms with van der Waals surface area (Å²) in [5, 5.41) is 0.540. The molecule has 9 nitrogen and oxygen atoms in total. The van der Waals surface area contributed by atoms with Crippen LogP contribution in [0.25, 0.3) is 0 Å². The number of hydrogen-bond acceptors (Lipinski definition) is 5. The molecule has 1 atom stereocenters. The van der Waals surface area contributed by atoms with E-state index in [4.69, 9.17) is 11.6 Å². The number of hydrogen-bond donors (Lipinski definition) is 0. The van der Waals surface area contributed by atoms with Crippen LogP contribution in [0.5, 0.6) is 0 Å². The van der Waals surface area contributed by atoms with E-state index in [-0.39, 0.29) is 31.3 Å². The summed E-state index contributed by atoms with van der Waals surface area (Å²) in [6.07, 6.45) is 0.158. The van der Waals surface area contributed by atoms with Crippen LogP contribution in [0.1, 0.15) is 6.42 Å². The number of rotatable bonds is 4. The largest absolute Gasteiger partial charge is 0.340 e. The number of piperazine rings is 2. The van der Waals surface area contributed by atoms with Gasteiger partial charge in [0, 0.05) is 76.0 Å². The summed E-state index contributed by atoms with van der Waals surface area (Å²) in [5.74, 6) is -0.612. The Labute approximate surface area is 188 Å². The second-order valence-corrected chi connectivity index (χ2v) is 10.7. The van der Waals surface area contributed by atoms with Crippen LogP contribution in [0.3, 0.4) is 0 Å². The van der Waals surface area contributed by atoms with Gasteiger partial charge in [0.05, 0.1) is 5.92 Å². The third-order valence-electron chi connectivity index (χ3n) is 6.26. The van der Waals surface area contributed by atoms with Gasteiger partial charge in [-0.1, -0.05) is 17.7 Å². The first-order valence-electron chi connectivity index (χ1n) is 10.5. The van der Waals surface area contributed by atoms with E-state index in [9.17, 15) is 18.0 Å². The summed E-state index contributed by atoms with van der Waals surface area (Å²) >= 11 is 6.03. The fourth-order valence-electron chi connectivity index (χ4n) is 4.35. The predicted octanol–water partition coefficient (Wildman–Crippen LogP) is 0.329. The van der Waals surface area contributed by atoms with Crippen LogP contribution >= 0.6 is 11.6 Å². The van der Waals surface area contributed by atoms with E-state index in [1.165, 1.54) is 8.61 Å². The van der Waals surface area contributed by atoms with E-state index in [1.807, 2.05) is 7.05 Å². The lowest BCUT2D eigenvalue weighted by molar-refractivity contribution is -0.137. The molecule has 11 heteroatoms. The van der Waals surface area contributed by atoms with Crippen molar-refractivity contribution in [2.75, 3.05) is 70.9 Å². The van der Waals surface area contributed by atoms with Gasteiger partial charge in [0.1, 0.15) is 0 Å². The smallest absolute Gasteiger partial charge is 0.282 e. The predicted molar refractivity (Wildman–Crippen MR) is 118 cm³/mol. The topological polar surface area (TPSA) is 84.5 Å². The maximum absolute atomic E-state index is 13.0. The van der Waals surface area contributed by atoms with Gasteiger partial charge in [-0.05, 0) is 25.2 Å². The summed E-state index contributed by atoms with van der Waals surface area (Å²) < 4.78 is 28.8. The third-order valence-corrected chi connectivity index (χ3v) is 8.53. The molecular weight excluding hydrogens is 442 g/mol. The second kappa shape index (κ2) is 9.03. The molecule has 3 heterocycles. The SMILES string of the molecule is CN1CCN(S(=O)(=O)N2CCN(C(=O)C3CC(=O)N(c4cccc(Cl)c4)C3)CC2)CC1. The molecule has 1 unspecified atom stereocenters. The van der Waals surface area contributed by atoms with Gasteiger partial charge in [0.15, 0.2) is 0 Å². The summed E-state index contributed by atoms with van der Waals surface area (Å²) in [5.41, 5.74) is 0.691. The highest BCUT2D eigenvalue weighted by molar-refractivity contribution is 7.86. The number of anilines is 1. The van der Waals surface area contributed by atoms with Gasteiger partial charge in [-0.25, -0.2) is 0 Å². The maximum atomic E-state index is 13.0. The van der Waals surface area contributed by atoms with E-state index >= 15 is 0 Å². The Kier molecular flexibility index (Phi) is 6.55. The number of benzene rings is 1. The Morgan fingerprint density at radius 3 is 2.23 bits per heavy atom. The molecule has 31 heavy (non-hydrogen) atoms. The zero-order valence-electron chi connectivity index (χ0n) is 17.6. The second-order valence-electron chi connectivity index (χ2n) is 8.32. The van der Waals surface area contributed by atoms with Gasteiger partial charge < -0.3 is 14.7 Å².